The van der Waals surface area contributed by atoms with Crippen molar-refractivity contribution in [1.29, 1.82) is 5.26 Å². The molecule has 2 fully saturated rings. The van der Waals surface area contributed by atoms with Crippen LogP contribution in [-0.4, -0.2) is 46.8 Å². The molecule has 5 nitrogen and oxygen atoms in total. The minimum atomic E-state index is -0.350. The molecule has 3 aliphatic rings. The Balaban J connectivity index is 1.27. The molecule has 2 amide bonds. The fraction of sp³-hybridized carbons (Fsp3) is 0.609. The predicted molar refractivity (Wildman–Crippen MR) is 106 cm³/mol. The van der Waals surface area contributed by atoms with E-state index in [4.69, 9.17) is 0 Å². The van der Waals surface area contributed by atoms with Crippen LogP contribution in [0.3, 0.4) is 0 Å². The van der Waals surface area contributed by atoms with Gasteiger partial charge in [-0.1, -0.05) is 24.3 Å². The summed E-state index contributed by atoms with van der Waals surface area (Å²) in [5.74, 6) is 0.738. The highest BCUT2D eigenvalue weighted by Crippen LogP contribution is 2.30. The van der Waals surface area contributed by atoms with Gasteiger partial charge in [-0.3, -0.25) is 9.59 Å². The molecule has 28 heavy (non-hydrogen) atoms. The highest BCUT2D eigenvalue weighted by Gasteiger charge is 2.39. The predicted octanol–water partition coefficient (Wildman–Crippen LogP) is 3.08. The zero-order valence-electron chi connectivity index (χ0n) is 16.5. The molecule has 0 unspecified atom stereocenters. The summed E-state index contributed by atoms with van der Waals surface area (Å²) in [6, 6.07) is 10.2. The Bertz CT molecular complexity index is 759. The first kappa shape index (κ1) is 19.0. The summed E-state index contributed by atoms with van der Waals surface area (Å²) in [5.41, 5.74) is 2.92. The van der Waals surface area contributed by atoms with Crippen LogP contribution in [0.2, 0.25) is 0 Å². The number of hydrogen-bond acceptors (Lipinski definition) is 3. The average Bonchev–Trinajstić information content (AvgIpc) is 3.45. The van der Waals surface area contributed by atoms with E-state index in [-0.39, 0.29) is 23.9 Å². The van der Waals surface area contributed by atoms with Gasteiger partial charge in [-0.15, -0.1) is 0 Å². The highest BCUT2D eigenvalue weighted by atomic mass is 16.2. The molecule has 0 spiro atoms. The molecule has 1 aromatic rings. The normalized spacial score (nSPS) is 24.4. The molecule has 1 aliphatic carbocycles. The Kier molecular flexibility index (Phi) is 5.66. The second-order valence-corrected chi connectivity index (χ2v) is 8.50. The Morgan fingerprint density at radius 1 is 1.04 bits per heavy atom. The number of carbonyl (C=O) groups is 2. The van der Waals surface area contributed by atoms with E-state index in [0.29, 0.717) is 25.4 Å². The molecule has 0 saturated carbocycles. The van der Waals surface area contributed by atoms with Crippen LogP contribution in [0.5, 0.6) is 0 Å². The molecule has 0 aromatic heterocycles. The summed E-state index contributed by atoms with van der Waals surface area (Å²) in [6.45, 7) is 1.33. The molecule has 2 aliphatic heterocycles. The zero-order chi connectivity index (χ0) is 19.5. The minimum absolute atomic E-state index is 0.0128. The lowest BCUT2D eigenvalue weighted by Crippen LogP contribution is -2.49. The molecule has 148 valence electrons. The molecule has 2 heterocycles. The van der Waals surface area contributed by atoms with E-state index in [9.17, 15) is 14.9 Å². The molecule has 1 aromatic carbocycles. The monoisotopic (exact) mass is 379 g/mol. The van der Waals surface area contributed by atoms with Crippen molar-refractivity contribution in [3.8, 4) is 6.07 Å². The lowest BCUT2D eigenvalue weighted by molar-refractivity contribution is -0.143. The lowest BCUT2D eigenvalue weighted by Gasteiger charge is -2.29. The lowest BCUT2D eigenvalue weighted by atomic mass is 9.98. The van der Waals surface area contributed by atoms with Crippen LogP contribution in [0, 0.1) is 17.2 Å². The summed E-state index contributed by atoms with van der Waals surface area (Å²) in [6.07, 6.45) is 7.98. The Hall–Kier alpha value is -2.35. The third kappa shape index (κ3) is 3.78. The number of hydrogen-bond donors (Lipinski definition) is 0. The number of benzene rings is 1. The maximum atomic E-state index is 12.9. The van der Waals surface area contributed by atoms with Crippen LogP contribution in [0.4, 0.5) is 0 Å². The second-order valence-electron chi connectivity index (χ2n) is 8.50. The summed E-state index contributed by atoms with van der Waals surface area (Å²) >= 11 is 0. The van der Waals surface area contributed by atoms with Crippen molar-refractivity contribution in [2.75, 3.05) is 13.1 Å². The number of nitriles is 1. The van der Waals surface area contributed by atoms with E-state index in [0.717, 1.165) is 51.4 Å². The number of likely N-dealkylation sites (tertiary alicyclic amines) is 2. The first-order chi connectivity index (χ1) is 13.7. The van der Waals surface area contributed by atoms with E-state index in [1.54, 1.807) is 9.80 Å². The van der Waals surface area contributed by atoms with Gasteiger partial charge in [0.2, 0.25) is 11.8 Å². The third-order valence-corrected chi connectivity index (χ3v) is 6.68. The van der Waals surface area contributed by atoms with Gasteiger partial charge >= 0.3 is 0 Å². The first-order valence-electron chi connectivity index (χ1n) is 10.7. The van der Waals surface area contributed by atoms with Gasteiger partial charge in [0.1, 0.15) is 12.1 Å². The van der Waals surface area contributed by atoms with Gasteiger partial charge in [0.05, 0.1) is 6.07 Å². The van der Waals surface area contributed by atoms with Gasteiger partial charge < -0.3 is 9.80 Å². The summed E-state index contributed by atoms with van der Waals surface area (Å²) in [4.78, 5) is 29.2. The standard InChI is InChI=1S/C23H29N3O2/c24-16-20-9-4-12-25(20)23(28)21-10-5-13-26(21)22(27)11-3-6-17-14-18-7-1-2-8-19(18)15-17/h1-2,7-8,17,20-21H,3-6,9-15H2/t20-,21+/m0/s1. The Morgan fingerprint density at radius 3 is 2.43 bits per heavy atom. The van der Waals surface area contributed by atoms with Crippen molar-refractivity contribution >= 4 is 11.8 Å². The summed E-state index contributed by atoms with van der Waals surface area (Å²) in [5, 5.41) is 9.26. The average molecular weight is 380 g/mol. The quantitative estimate of drug-likeness (QED) is 0.790. The van der Waals surface area contributed by atoms with Crippen molar-refractivity contribution in [3.63, 3.8) is 0 Å². The number of fused-ring (bicyclic) bond motifs is 1. The topological polar surface area (TPSA) is 64.4 Å². The van der Waals surface area contributed by atoms with Crippen LogP contribution in [0.15, 0.2) is 24.3 Å². The molecule has 0 radical (unpaired) electrons. The number of amides is 2. The van der Waals surface area contributed by atoms with Crippen molar-refractivity contribution in [1.82, 2.24) is 9.80 Å². The maximum absolute atomic E-state index is 12.9. The molecule has 0 N–H and O–H groups in total. The van der Waals surface area contributed by atoms with Gasteiger partial charge in [-0.2, -0.15) is 5.26 Å². The van der Waals surface area contributed by atoms with Gasteiger partial charge in [0.15, 0.2) is 0 Å². The van der Waals surface area contributed by atoms with E-state index in [2.05, 4.69) is 30.3 Å². The van der Waals surface area contributed by atoms with Gasteiger partial charge in [0, 0.05) is 19.5 Å². The van der Waals surface area contributed by atoms with Crippen LogP contribution in [0.1, 0.15) is 56.1 Å². The Morgan fingerprint density at radius 2 is 1.71 bits per heavy atom. The molecule has 4 rings (SSSR count). The van der Waals surface area contributed by atoms with Gasteiger partial charge in [0.25, 0.3) is 0 Å². The van der Waals surface area contributed by atoms with E-state index < -0.39 is 0 Å². The Labute approximate surface area is 167 Å². The van der Waals surface area contributed by atoms with Crippen molar-refractivity contribution < 1.29 is 9.59 Å². The molecule has 0 bridgehead atoms. The fourth-order valence-corrected chi connectivity index (χ4v) is 5.22. The van der Waals surface area contributed by atoms with Crippen LogP contribution >= 0.6 is 0 Å². The summed E-state index contributed by atoms with van der Waals surface area (Å²) < 4.78 is 0. The first-order valence-corrected chi connectivity index (χ1v) is 10.7. The van der Waals surface area contributed by atoms with Crippen LogP contribution < -0.4 is 0 Å². The van der Waals surface area contributed by atoms with Crippen molar-refractivity contribution in [2.45, 2.75) is 69.9 Å². The van der Waals surface area contributed by atoms with Crippen LogP contribution in [-0.2, 0) is 22.4 Å². The SMILES string of the molecule is N#C[C@@H]1CCCN1C(=O)[C@H]1CCCN1C(=O)CCCC1Cc2ccccc2C1. The van der Waals surface area contributed by atoms with E-state index in [1.807, 2.05) is 0 Å². The van der Waals surface area contributed by atoms with Gasteiger partial charge in [-0.25, -0.2) is 0 Å². The zero-order valence-corrected chi connectivity index (χ0v) is 16.5. The number of carbonyl (C=O) groups excluding carboxylic acids is 2. The van der Waals surface area contributed by atoms with E-state index in [1.165, 1.54) is 11.1 Å². The maximum Gasteiger partial charge on any atom is 0.246 e. The fourth-order valence-electron chi connectivity index (χ4n) is 5.22. The van der Waals surface area contributed by atoms with Crippen LogP contribution in [0.25, 0.3) is 0 Å². The summed E-state index contributed by atoms with van der Waals surface area (Å²) in [7, 11) is 0. The smallest absolute Gasteiger partial charge is 0.246 e. The van der Waals surface area contributed by atoms with Crippen molar-refractivity contribution in [2.24, 2.45) is 5.92 Å². The molecular weight excluding hydrogens is 350 g/mol. The molecule has 5 heteroatoms. The number of nitrogens with zero attached hydrogens (tertiary/aromatic N) is 3. The van der Waals surface area contributed by atoms with Crippen molar-refractivity contribution in [3.05, 3.63) is 35.4 Å². The third-order valence-electron chi connectivity index (χ3n) is 6.68. The number of rotatable bonds is 5. The largest absolute Gasteiger partial charge is 0.331 e. The highest BCUT2D eigenvalue weighted by molar-refractivity contribution is 5.88. The minimum Gasteiger partial charge on any atom is -0.331 e. The molecule has 2 saturated heterocycles. The van der Waals surface area contributed by atoms with Gasteiger partial charge in [-0.05, 0) is 68.4 Å². The second kappa shape index (κ2) is 8.34. The molecular formula is C23H29N3O2. The molecule has 2 atom stereocenters. The van der Waals surface area contributed by atoms with E-state index >= 15 is 0 Å².